The summed E-state index contributed by atoms with van der Waals surface area (Å²) in [6.07, 6.45) is 5.41. The Hall–Kier alpha value is -0.120. The molecule has 118 valence electrons. The highest BCUT2D eigenvalue weighted by Crippen LogP contribution is 2.34. The van der Waals surface area contributed by atoms with Crippen molar-refractivity contribution < 1.29 is 4.74 Å². The highest BCUT2D eigenvalue weighted by molar-refractivity contribution is 4.95. The normalized spacial score (nSPS) is 39.9. The summed E-state index contributed by atoms with van der Waals surface area (Å²) in [5.41, 5.74) is 0. The Morgan fingerprint density at radius 2 is 2.05 bits per heavy atom. The summed E-state index contributed by atoms with van der Waals surface area (Å²) in [5.74, 6) is 2.41. The van der Waals surface area contributed by atoms with Gasteiger partial charge in [-0.1, -0.05) is 20.8 Å². The molecule has 0 radical (unpaired) electrons. The average molecular weight is 282 g/mol. The van der Waals surface area contributed by atoms with E-state index in [0.29, 0.717) is 6.04 Å². The molecule has 1 heterocycles. The summed E-state index contributed by atoms with van der Waals surface area (Å²) in [7, 11) is 1.84. The summed E-state index contributed by atoms with van der Waals surface area (Å²) < 4.78 is 5.39. The van der Waals surface area contributed by atoms with Gasteiger partial charge < -0.3 is 10.1 Å². The zero-order chi connectivity index (χ0) is 14.5. The van der Waals surface area contributed by atoms with Crippen molar-refractivity contribution in [3.63, 3.8) is 0 Å². The molecule has 5 atom stereocenters. The van der Waals surface area contributed by atoms with Crippen molar-refractivity contribution in [2.45, 2.75) is 58.5 Å². The minimum Gasteiger partial charge on any atom is -0.384 e. The number of ether oxygens (including phenoxy) is 1. The molecule has 1 aliphatic carbocycles. The average Bonchev–Trinajstić information content (AvgIpc) is 2.39. The van der Waals surface area contributed by atoms with E-state index in [1.807, 2.05) is 7.11 Å². The lowest BCUT2D eigenvalue weighted by Crippen LogP contribution is -2.58. The van der Waals surface area contributed by atoms with Crippen LogP contribution in [0.3, 0.4) is 0 Å². The van der Waals surface area contributed by atoms with Crippen LogP contribution in [0.25, 0.3) is 0 Å². The van der Waals surface area contributed by atoms with E-state index in [2.05, 4.69) is 31.0 Å². The Balaban J connectivity index is 2.02. The Kier molecular flexibility index (Phi) is 6.31. The van der Waals surface area contributed by atoms with Crippen molar-refractivity contribution in [3.8, 4) is 0 Å². The molecule has 20 heavy (non-hydrogen) atoms. The lowest BCUT2D eigenvalue weighted by Gasteiger charge is -2.48. The zero-order valence-electron chi connectivity index (χ0n) is 13.9. The van der Waals surface area contributed by atoms with Gasteiger partial charge in [-0.05, 0) is 56.5 Å². The molecule has 3 heteroatoms. The highest BCUT2D eigenvalue weighted by atomic mass is 16.5. The quantitative estimate of drug-likeness (QED) is 0.839. The number of likely N-dealkylation sites (tertiary alicyclic amines) is 1. The molecular formula is C17H34N2O. The fourth-order valence-corrected chi connectivity index (χ4v) is 4.66. The number of nitrogens with zero attached hydrogens (tertiary/aromatic N) is 1. The third-order valence-corrected chi connectivity index (χ3v) is 5.27. The number of hydrogen-bond acceptors (Lipinski definition) is 3. The van der Waals surface area contributed by atoms with Gasteiger partial charge in [-0.25, -0.2) is 0 Å². The molecule has 0 bridgehead atoms. The van der Waals surface area contributed by atoms with Crippen molar-refractivity contribution in [1.29, 1.82) is 0 Å². The van der Waals surface area contributed by atoms with Crippen LogP contribution in [0.1, 0.15) is 46.5 Å². The molecule has 1 saturated carbocycles. The fraction of sp³-hybridized carbons (Fsp3) is 1.00. The molecular weight excluding hydrogens is 248 g/mol. The molecule has 2 fully saturated rings. The van der Waals surface area contributed by atoms with E-state index in [9.17, 15) is 0 Å². The van der Waals surface area contributed by atoms with E-state index in [4.69, 9.17) is 4.74 Å². The van der Waals surface area contributed by atoms with Gasteiger partial charge in [0.25, 0.3) is 0 Å². The highest BCUT2D eigenvalue weighted by Gasteiger charge is 2.38. The van der Waals surface area contributed by atoms with Crippen LogP contribution in [-0.4, -0.2) is 50.3 Å². The summed E-state index contributed by atoms with van der Waals surface area (Å²) in [6, 6.07) is 1.41. The molecule has 1 aliphatic heterocycles. The zero-order valence-corrected chi connectivity index (χ0v) is 13.9. The van der Waals surface area contributed by atoms with Gasteiger partial charge in [0.2, 0.25) is 0 Å². The van der Waals surface area contributed by atoms with Gasteiger partial charge in [-0.3, -0.25) is 4.90 Å². The van der Waals surface area contributed by atoms with Gasteiger partial charge >= 0.3 is 0 Å². The third kappa shape index (κ3) is 3.96. The maximum atomic E-state index is 5.39. The first-order valence-electron chi connectivity index (χ1n) is 8.62. The SMILES string of the molecule is CCNC1CC(C)CC(C)C1N1CCCC(COC)C1. The number of methoxy groups -OCH3 is 1. The summed E-state index contributed by atoms with van der Waals surface area (Å²) in [6.45, 7) is 11.7. The predicted molar refractivity (Wildman–Crippen MR) is 85.0 cm³/mol. The molecule has 0 aromatic heterocycles. The maximum Gasteiger partial charge on any atom is 0.0502 e. The van der Waals surface area contributed by atoms with Crippen molar-refractivity contribution >= 4 is 0 Å². The molecule has 5 unspecified atom stereocenters. The minimum atomic E-state index is 0.681. The van der Waals surface area contributed by atoms with Crippen LogP contribution < -0.4 is 5.32 Å². The second kappa shape index (κ2) is 7.77. The lowest BCUT2D eigenvalue weighted by atomic mass is 9.75. The second-order valence-electron chi connectivity index (χ2n) is 7.17. The number of hydrogen-bond donors (Lipinski definition) is 1. The molecule has 0 aromatic rings. The van der Waals surface area contributed by atoms with Gasteiger partial charge in [0.05, 0.1) is 6.61 Å². The van der Waals surface area contributed by atoms with Crippen LogP contribution in [0.2, 0.25) is 0 Å². The summed E-state index contributed by atoms with van der Waals surface area (Å²) in [5, 5.41) is 3.77. The van der Waals surface area contributed by atoms with Crippen LogP contribution in [-0.2, 0) is 4.74 Å². The Morgan fingerprint density at radius 1 is 1.25 bits per heavy atom. The van der Waals surface area contributed by atoms with E-state index < -0.39 is 0 Å². The smallest absolute Gasteiger partial charge is 0.0502 e. The van der Waals surface area contributed by atoms with Gasteiger partial charge in [0, 0.05) is 25.7 Å². The van der Waals surface area contributed by atoms with Crippen molar-refractivity contribution in [2.24, 2.45) is 17.8 Å². The van der Waals surface area contributed by atoms with E-state index in [-0.39, 0.29) is 0 Å². The van der Waals surface area contributed by atoms with Crippen LogP contribution in [0.5, 0.6) is 0 Å². The lowest BCUT2D eigenvalue weighted by molar-refractivity contribution is 0.0139. The monoisotopic (exact) mass is 282 g/mol. The Morgan fingerprint density at radius 3 is 2.75 bits per heavy atom. The van der Waals surface area contributed by atoms with Crippen LogP contribution in [0.15, 0.2) is 0 Å². The Bertz CT molecular complexity index is 282. The second-order valence-corrected chi connectivity index (χ2v) is 7.17. The number of piperidine rings is 1. The van der Waals surface area contributed by atoms with Crippen LogP contribution >= 0.6 is 0 Å². The van der Waals surface area contributed by atoms with E-state index in [1.54, 1.807) is 0 Å². The molecule has 0 spiro atoms. The van der Waals surface area contributed by atoms with Crippen molar-refractivity contribution in [3.05, 3.63) is 0 Å². The minimum absolute atomic E-state index is 0.681. The van der Waals surface area contributed by atoms with Crippen LogP contribution in [0, 0.1) is 17.8 Å². The molecule has 3 nitrogen and oxygen atoms in total. The van der Waals surface area contributed by atoms with Gasteiger partial charge in [0.1, 0.15) is 0 Å². The molecule has 2 aliphatic rings. The summed E-state index contributed by atoms with van der Waals surface area (Å²) >= 11 is 0. The van der Waals surface area contributed by atoms with E-state index >= 15 is 0 Å². The summed E-state index contributed by atoms with van der Waals surface area (Å²) in [4.78, 5) is 2.77. The third-order valence-electron chi connectivity index (χ3n) is 5.27. The topological polar surface area (TPSA) is 24.5 Å². The maximum absolute atomic E-state index is 5.39. The number of rotatable bonds is 5. The first-order valence-corrected chi connectivity index (χ1v) is 8.62. The molecule has 1 N–H and O–H groups in total. The van der Waals surface area contributed by atoms with Crippen molar-refractivity contribution in [1.82, 2.24) is 10.2 Å². The first kappa shape index (κ1) is 16.3. The van der Waals surface area contributed by atoms with E-state index in [1.165, 1.54) is 38.8 Å². The molecule has 1 saturated heterocycles. The van der Waals surface area contributed by atoms with Gasteiger partial charge in [0.15, 0.2) is 0 Å². The molecule has 0 aromatic carbocycles. The van der Waals surface area contributed by atoms with Gasteiger partial charge in [-0.2, -0.15) is 0 Å². The number of likely N-dealkylation sites (N-methyl/N-ethyl adjacent to an activating group) is 1. The van der Waals surface area contributed by atoms with E-state index in [0.717, 1.165) is 36.9 Å². The fourth-order valence-electron chi connectivity index (χ4n) is 4.66. The van der Waals surface area contributed by atoms with Crippen LogP contribution in [0.4, 0.5) is 0 Å². The predicted octanol–water partition coefficient (Wildman–Crippen LogP) is 2.76. The standard InChI is InChI=1S/C17H34N2O/c1-5-18-16-10-13(2)9-14(3)17(16)19-8-6-7-15(11-19)12-20-4/h13-18H,5-12H2,1-4H3. The first-order chi connectivity index (χ1) is 9.65. The molecule has 0 amide bonds. The number of nitrogens with one attached hydrogen (secondary N) is 1. The van der Waals surface area contributed by atoms with Crippen molar-refractivity contribution in [2.75, 3.05) is 33.4 Å². The largest absolute Gasteiger partial charge is 0.384 e. The van der Waals surface area contributed by atoms with Gasteiger partial charge in [-0.15, -0.1) is 0 Å². The molecule has 2 rings (SSSR count). The Labute approximate surface area is 125 Å².